The summed E-state index contributed by atoms with van der Waals surface area (Å²) in [7, 11) is 0. The van der Waals surface area contributed by atoms with Crippen molar-refractivity contribution >= 4 is 28.7 Å². The summed E-state index contributed by atoms with van der Waals surface area (Å²) in [6.45, 7) is 13.9. The Morgan fingerprint density at radius 2 is 1.60 bits per heavy atom. The Balaban J connectivity index is 1.33. The van der Waals surface area contributed by atoms with Crippen molar-refractivity contribution in [3.05, 3.63) is 83.9 Å². The molecule has 2 saturated heterocycles. The van der Waals surface area contributed by atoms with Crippen LogP contribution in [0.25, 0.3) is 10.8 Å². The summed E-state index contributed by atoms with van der Waals surface area (Å²) >= 11 is 0. The first-order valence-electron chi connectivity index (χ1n) is 17.2. The Hall–Kier alpha value is -3.91. The average molecular weight is 642 g/mol. The summed E-state index contributed by atoms with van der Waals surface area (Å²) in [4.78, 5) is 45.9. The third-order valence-electron chi connectivity index (χ3n) is 9.67. The SMILES string of the molecule is CCOC(=O)C1CCN(CCC(=O)N2C[C@H](CN(C(=O)OC(C)(C)C)[C@H](C)c3cccc4ccccc34)[C@@H](c3ccccc3)C2)CC1. The number of hydrogen-bond acceptors (Lipinski definition) is 6. The number of ether oxygens (including phenoxy) is 2. The fourth-order valence-electron chi connectivity index (χ4n) is 7.15. The topological polar surface area (TPSA) is 79.4 Å². The number of nitrogens with zero attached hydrogens (tertiary/aromatic N) is 3. The fourth-order valence-corrected chi connectivity index (χ4v) is 7.15. The molecule has 47 heavy (non-hydrogen) atoms. The largest absolute Gasteiger partial charge is 0.466 e. The lowest BCUT2D eigenvalue weighted by molar-refractivity contribution is -0.149. The molecule has 8 nitrogen and oxygen atoms in total. The molecule has 0 aromatic heterocycles. The minimum Gasteiger partial charge on any atom is -0.466 e. The second-order valence-corrected chi connectivity index (χ2v) is 14.1. The minimum atomic E-state index is -0.644. The van der Waals surface area contributed by atoms with Gasteiger partial charge in [0.05, 0.1) is 18.6 Å². The van der Waals surface area contributed by atoms with E-state index in [9.17, 15) is 14.4 Å². The molecule has 3 aromatic carbocycles. The molecule has 0 unspecified atom stereocenters. The van der Waals surface area contributed by atoms with Gasteiger partial charge < -0.3 is 24.2 Å². The molecule has 2 heterocycles. The number of carbonyl (C=O) groups is 3. The maximum absolute atomic E-state index is 13.9. The van der Waals surface area contributed by atoms with Crippen LogP contribution in [0, 0.1) is 11.8 Å². The van der Waals surface area contributed by atoms with Crippen molar-refractivity contribution in [1.29, 1.82) is 0 Å². The summed E-state index contributed by atoms with van der Waals surface area (Å²) in [6.07, 6.45) is 1.62. The molecule has 0 radical (unpaired) electrons. The number of carbonyl (C=O) groups excluding carboxylic acids is 3. The molecule has 5 rings (SSSR count). The van der Waals surface area contributed by atoms with E-state index in [1.807, 2.05) is 73.9 Å². The number of fused-ring (bicyclic) bond motifs is 1. The van der Waals surface area contributed by atoms with Crippen LogP contribution in [0.1, 0.15) is 77.0 Å². The van der Waals surface area contributed by atoms with Crippen molar-refractivity contribution in [1.82, 2.24) is 14.7 Å². The van der Waals surface area contributed by atoms with Crippen LogP contribution in [0.5, 0.6) is 0 Å². The van der Waals surface area contributed by atoms with Crippen molar-refractivity contribution in [2.45, 2.75) is 71.4 Å². The van der Waals surface area contributed by atoms with Crippen LogP contribution >= 0.6 is 0 Å². The summed E-state index contributed by atoms with van der Waals surface area (Å²) < 4.78 is 11.2. The summed E-state index contributed by atoms with van der Waals surface area (Å²) in [5.74, 6) is 0.106. The van der Waals surface area contributed by atoms with Crippen LogP contribution in [-0.2, 0) is 19.1 Å². The van der Waals surface area contributed by atoms with Gasteiger partial charge in [-0.2, -0.15) is 0 Å². The third kappa shape index (κ3) is 8.72. The number of likely N-dealkylation sites (tertiary alicyclic amines) is 2. The molecule has 2 fully saturated rings. The number of hydrogen-bond donors (Lipinski definition) is 0. The van der Waals surface area contributed by atoms with Gasteiger partial charge in [0.1, 0.15) is 5.60 Å². The van der Waals surface area contributed by atoms with Crippen molar-refractivity contribution in [2.75, 3.05) is 45.9 Å². The molecule has 0 bridgehead atoms. The van der Waals surface area contributed by atoms with Gasteiger partial charge in [0.2, 0.25) is 5.91 Å². The van der Waals surface area contributed by atoms with Gasteiger partial charge in [-0.3, -0.25) is 9.59 Å². The molecular formula is C39H51N3O5. The Bertz CT molecular complexity index is 1510. The first-order valence-corrected chi connectivity index (χ1v) is 17.2. The van der Waals surface area contributed by atoms with Gasteiger partial charge in [-0.25, -0.2) is 4.79 Å². The molecular weight excluding hydrogens is 590 g/mol. The summed E-state index contributed by atoms with van der Waals surface area (Å²) in [6, 6.07) is 24.6. The van der Waals surface area contributed by atoms with E-state index in [0.29, 0.717) is 39.2 Å². The van der Waals surface area contributed by atoms with E-state index in [2.05, 4.69) is 48.2 Å². The molecule has 2 aliphatic heterocycles. The second kappa shape index (κ2) is 15.3. The van der Waals surface area contributed by atoms with Crippen LogP contribution in [0.4, 0.5) is 4.79 Å². The Kier molecular flexibility index (Phi) is 11.2. The molecule has 0 aliphatic carbocycles. The lowest BCUT2D eigenvalue weighted by Crippen LogP contribution is -2.42. The van der Waals surface area contributed by atoms with E-state index in [1.54, 1.807) is 0 Å². The zero-order valence-corrected chi connectivity index (χ0v) is 28.7. The number of esters is 1. The van der Waals surface area contributed by atoms with Crippen molar-refractivity contribution in [2.24, 2.45) is 11.8 Å². The number of piperidine rings is 1. The summed E-state index contributed by atoms with van der Waals surface area (Å²) in [5.41, 5.74) is 1.61. The number of rotatable bonds is 10. The van der Waals surface area contributed by atoms with Gasteiger partial charge in [-0.05, 0) is 82.4 Å². The van der Waals surface area contributed by atoms with Gasteiger partial charge in [-0.1, -0.05) is 72.8 Å². The highest BCUT2D eigenvalue weighted by atomic mass is 16.6. The maximum atomic E-state index is 13.9. The van der Waals surface area contributed by atoms with Crippen LogP contribution in [0.2, 0.25) is 0 Å². The van der Waals surface area contributed by atoms with E-state index in [1.165, 1.54) is 5.56 Å². The Morgan fingerprint density at radius 3 is 2.30 bits per heavy atom. The molecule has 0 spiro atoms. The monoisotopic (exact) mass is 641 g/mol. The fraction of sp³-hybridized carbons (Fsp3) is 0.513. The van der Waals surface area contributed by atoms with Crippen molar-refractivity contribution in [3.63, 3.8) is 0 Å². The van der Waals surface area contributed by atoms with Crippen molar-refractivity contribution in [3.8, 4) is 0 Å². The van der Waals surface area contributed by atoms with Crippen LogP contribution in [0.3, 0.4) is 0 Å². The lowest BCUT2D eigenvalue weighted by atomic mass is 9.88. The quantitative estimate of drug-likeness (QED) is 0.221. The molecule has 2 aliphatic rings. The number of amides is 2. The van der Waals surface area contributed by atoms with Crippen LogP contribution < -0.4 is 0 Å². The standard InChI is InChI=1S/C39H51N3O5/c1-6-46-37(44)31-19-22-40(23-20-31)24-21-36(43)41-25-32(35(27-41)30-13-8-7-9-14-30)26-42(38(45)47-39(3,4)5)28(2)33-18-12-16-29-15-10-11-17-34(29)33/h7-18,28,31-32,35H,6,19-27H2,1-5H3/t28-,32-,35-/m1/s1. The van der Waals surface area contributed by atoms with Gasteiger partial charge in [0, 0.05) is 44.4 Å². The predicted octanol–water partition coefficient (Wildman–Crippen LogP) is 7.05. The molecule has 2 amide bonds. The zero-order chi connectivity index (χ0) is 33.6. The van der Waals surface area contributed by atoms with Crippen LogP contribution in [0.15, 0.2) is 72.8 Å². The Labute approximate surface area is 280 Å². The molecule has 0 saturated carbocycles. The van der Waals surface area contributed by atoms with Gasteiger partial charge >= 0.3 is 12.1 Å². The van der Waals surface area contributed by atoms with Gasteiger partial charge in [0.25, 0.3) is 0 Å². The van der Waals surface area contributed by atoms with Gasteiger partial charge in [0.15, 0.2) is 0 Å². The minimum absolute atomic E-state index is 0.0339. The normalized spacial score (nSPS) is 19.8. The number of benzene rings is 3. The maximum Gasteiger partial charge on any atom is 0.410 e. The average Bonchev–Trinajstić information content (AvgIpc) is 3.49. The third-order valence-corrected chi connectivity index (χ3v) is 9.67. The van der Waals surface area contributed by atoms with Crippen LogP contribution in [-0.4, -0.2) is 84.1 Å². The van der Waals surface area contributed by atoms with E-state index in [-0.39, 0.29) is 41.8 Å². The zero-order valence-electron chi connectivity index (χ0n) is 28.7. The highest BCUT2D eigenvalue weighted by Crippen LogP contribution is 2.37. The van der Waals surface area contributed by atoms with Crippen molar-refractivity contribution < 1.29 is 23.9 Å². The molecule has 252 valence electrons. The molecule has 3 atom stereocenters. The first kappa shape index (κ1) is 34.4. The highest BCUT2D eigenvalue weighted by molar-refractivity contribution is 5.86. The summed E-state index contributed by atoms with van der Waals surface area (Å²) in [5, 5.41) is 2.25. The van der Waals surface area contributed by atoms with E-state index in [4.69, 9.17) is 9.47 Å². The molecule has 3 aromatic rings. The molecule has 0 N–H and O–H groups in total. The Morgan fingerprint density at radius 1 is 0.915 bits per heavy atom. The second-order valence-electron chi connectivity index (χ2n) is 14.1. The van der Waals surface area contributed by atoms with Gasteiger partial charge in [-0.15, -0.1) is 0 Å². The van der Waals surface area contributed by atoms with E-state index >= 15 is 0 Å². The van der Waals surface area contributed by atoms with E-state index in [0.717, 1.165) is 42.3 Å². The lowest BCUT2D eigenvalue weighted by Gasteiger charge is -2.35. The molecule has 8 heteroatoms. The first-order chi connectivity index (χ1) is 22.5. The smallest absolute Gasteiger partial charge is 0.410 e. The predicted molar refractivity (Wildman–Crippen MR) is 185 cm³/mol. The van der Waals surface area contributed by atoms with E-state index < -0.39 is 5.60 Å². The highest BCUT2D eigenvalue weighted by Gasteiger charge is 2.40.